The first-order chi connectivity index (χ1) is 17.7. The minimum Gasteiger partial charge on any atom is -0.858 e. The second-order valence-corrected chi connectivity index (χ2v) is 9.17. The highest BCUT2D eigenvalue weighted by Gasteiger charge is 2.47. The number of carbonyl (C=O) groups excluding carboxylic acids is 2. The van der Waals surface area contributed by atoms with Gasteiger partial charge in [0.25, 0.3) is 11.6 Å². The second kappa shape index (κ2) is 9.13. The van der Waals surface area contributed by atoms with Gasteiger partial charge in [0, 0.05) is 16.7 Å². The van der Waals surface area contributed by atoms with Crippen LogP contribution in [0.2, 0.25) is 0 Å². The molecule has 3 heterocycles. The van der Waals surface area contributed by atoms with Crippen molar-refractivity contribution >= 4 is 28.8 Å². The molecule has 0 N–H and O–H groups in total. The van der Waals surface area contributed by atoms with Crippen LogP contribution >= 0.6 is 0 Å². The monoisotopic (exact) mass is 496 g/mol. The van der Waals surface area contributed by atoms with E-state index in [1.54, 1.807) is 29.1 Å². The highest BCUT2D eigenvalue weighted by molar-refractivity contribution is 6.53. The van der Waals surface area contributed by atoms with Crippen molar-refractivity contribution in [3.05, 3.63) is 101 Å². The van der Waals surface area contributed by atoms with Gasteiger partial charge in [-0.2, -0.15) is 9.67 Å². The molecular formula is C29H25FN4O3. The first kappa shape index (κ1) is 24.1. The molecule has 0 unspecified atom stereocenters. The number of aryl methyl sites for hydroxylation is 4. The van der Waals surface area contributed by atoms with E-state index in [-0.39, 0.29) is 16.8 Å². The zero-order valence-corrected chi connectivity index (χ0v) is 20.9. The Labute approximate surface area is 213 Å². The number of rotatable bonds is 5. The van der Waals surface area contributed by atoms with Gasteiger partial charge in [-0.1, -0.05) is 24.6 Å². The fourth-order valence-corrected chi connectivity index (χ4v) is 4.65. The number of hydrogen-bond donors (Lipinski definition) is 0. The topological polar surface area (TPSA) is 82.1 Å². The number of imide groups is 1. The van der Waals surface area contributed by atoms with Gasteiger partial charge in [0.2, 0.25) is 0 Å². The van der Waals surface area contributed by atoms with Crippen molar-refractivity contribution in [3.63, 3.8) is 0 Å². The Bertz CT molecular complexity index is 1560. The molecule has 1 aliphatic heterocycles. The molecule has 0 saturated heterocycles. The summed E-state index contributed by atoms with van der Waals surface area (Å²) < 4.78 is 16.3. The number of halogens is 1. The third-order valence-electron chi connectivity index (χ3n) is 6.32. The van der Waals surface area contributed by atoms with E-state index >= 15 is 0 Å². The van der Waals surface area contributed by atoms with Crippen molar-refractivity contribution in [1.82, 2.24) is 9.78 Å². The summed E-state index contributed by atoms with van der Waals surface area (Å²) >= 11 is 0. The highest BCUT2D eigenvalue weighted by atomic mass is 19.1. The van der Waals surface area contributed by atoms with Crippen molar-refractivity contribution in [1.29, 1.82) is 0 Å². The standard InChI is InChI=1S/C29H25FN4O3/c1-5-23-24(28(36)34(31-23)22-12-8-20(30)9-13-22)25-26(32-15-18(3)14-19(4)16-32)29(37)33(27(25)35)21-10-6-17(2)7-11-21/h6-16H,5H2,1-4H3. The number of pyridine rings is 1. The lowest BCUT2D eigenvalue weighted by atomic mass is 10.0. The third-order valence-corrected chi connectivity index (χ3v) is 6.32. The fourth-order valence-electron chi connectivity index (χ4n) is 4.65. The molecule has 0 fully saturated rings. The summed E-state index contributed by atoms with van der Waals surface area (Å²) in [6.45, 7) is 7.53. The Balaban J connectivity index is 1.78. The van der Waals surface area contributed by atoms with E-state index in [4.69, 9.17) is 0 Å². The molecule has 37 heavy (non-hydrogen) atoms. The van der Waals surface area contributed by atoms with Crippen molar-refractivity contribution < 1.29 is 23.7 Å². The summed E-state index contributed by atoms with van der Waals surface area (Å²) in [5.74, 6) is -2.12. The Morgan fingerprint density at radius 3 is 2.05 bits per heavy atom. The molecular weight excluding hydrogens is 471 g/mol. The summed E-state index contributed by atoms with van der Waals surface area (Å²) in [6, 6.07) is 14.4. The predicted octanol–water partition coefficient (Wildman–Crippen LogP) is 3.80. The number of benzene rings is 2. The van der Waals surface area contributed by atoms with Crippen LogP contribution in [0.5, 0.6) is 5.88 Å². The smallest absolute Gasteiger partial charge is 0.331 e. The van der Waals surface area contributed by atoms with E-state index < -0.39 is 23.5 Å². The number of hydrogen-bond acceptors (Lipinski definition) is 4. The summed E-state index contributed by atoms with van der Waals surface area (Å²) in [7, 11) is 0. The number of amides is 2. The predicted molar refractivity (Wildman–Crippen MR) is 135 cm³/mol. The van der Waals surface area contributed by atoms with Crippen LogP contribution in [0.1, 0.15) is 34.9 Å². The van der Waals surface area contributed by atoms with Crippen LogP contribution in [-0.4, -0.2) is 21.6 Å². The van der Waals surface area contributed by atoms with E-state index in [0.717, 1.165) is 26.3 Å². The molecule has 0 bridgehead atoms. The normalized spacial score (nSPS) is 13.7. The molecule has 0 atom stereocenters. The lowest BCUT2D eigenvalue weighted by molar-refractivity contribution is -0.577. The van der Waals surface area contributed by atoms with Crippen molar-refractivity contribution in [3.8, 4) is 11.6 Å². The molecule has 2 aromatic heterocycles. The molecule has 0 spiro atoms. The van der Waals surface area contributed by atoms with Gasteiger partial charge >= 0.3 is 5.91 Å². The maximum Gasteiger partial charge on any atom is 0.331 e. The van der Waals surface area contributed by atoms with Gasteiger partial charge in [-0.25, -0.2) is 14.0 Å². The van der Waals surface area contributed by atoms with E-state index in [2.05, 4.69) is 5.10 Å². The van der Waals surface area contributed by atoms with Crippen molar-refractivity contribution in [2.45, 2.75) is 34.1 Å². The van der Waals surface area contributed by atoms with Gasteiger partial charge in [0.05, 0.1) is 17.1 Å². The molecule has 2 aromatic carbocycles. The molecule has 2 amide bonds. The van der Waals surface area contributed by atoms with Crippen molar-refractivity contribution in [2.75, 3.05) is 4.90 Å². The average Bonchev–Trinajstić information content (AvgIpc) is 3.31. The SMILES string of the molecule is CCc1nn(-c2ccc(F)cc2)c([O-])c1C1=C([n+]2cc(C)cc(C)c2)C(=O)N(c2ccc(C)cc2)C1=O. The number of nitrogens with zero attached hydrogens (tertiary/aromatic N) is 4. The minimum absolute atomic E-state index is 0.00390. The second-order valence-electron chi connectivity index (χ2n) is 9.17. The van der Waals surface area contributed by atoms with Crippen molar-refractivity contribution in [2.24, 2.45) is 0 Å². The maximum atomic E-state index is 14.0. The van der Waals surface area contributed by atoms with E-state index in [0.29, 0.717) is 23.5 Å². The summed E-state index contributed by atoms with van der Waals surface area (Å²) in [5, 5.41) is 18.2. The molecule has 186 valence electrons. The average molecular weight is 497 g/mol. The Morgan fingerprint density at radius 1 is 0.865 bits per heavy atom. The van der Waals surface area contributed by atoms with Crippen LogP contribution in [0.15, 0.2) is 67.0 Å². The number of aromatic nitrogens is 3. The first-order valence-corrected chi connectivity index (χ1v) is 11.9. The zero-order valence-electron chi connectivity index (χ0n) is 20.9. The number of carbonyl (C=O) groups is 2. The van der Waals surface area contributed by atoms with E-state index in [9.17, 15) is 19.1 Å². The van der Waals surface area contributed by atoms with Gasteiger partial charge in [0.15, 0.2) is 12.4 Å². The van der Waals surface area contributed by atoms with E-state index in [1.807, 2.05) is 45.9 Å². The molecule has 0 saturated carbocycles. The lowest BCUT2D eigenvalue weighted by Crippen LogP contribution is -2.40. The lowest BCUT2D eigenvalue weighted by Gasteiger charge is -2.16. The Kier molecular flexibility index (Phi) is 5.95. The molecule has 4 aromatic rings. The fraction of sp³-hybridized carbons (Fsp3) is 0.172. The minimum atomic E-state index is -0.596. The summed E-state index contributed by atoms with van der Waals surface area (Å²) in [4.78, 5) is 29.0. The molecule has 5 rings (SSSR count). The zero-order chi connectivity index (χ0) is 26.4. The maximum absolute atomic E-state index is 14.0. The van der Waals surface area contributed by atoms with Crippen LogP contribution in [0.4, 0.5) is 10.1 Å². The highest BCUT2D eigenvalue weighted by Crippen LogP contribution is 2.39. The summed E-state index contributed by atoms with van der Waals surface area (Å²) in [6.07, 6.45) is 3.86. The van der Waals surface area contributed by atoms with Crippen LogP contribution in [-0.2, 0) is 16.0 Å². The summed E-state index contributed by atoms with van der Waals surface area (Å²) in [5.41, 5.74) is 4.06. The van der Waals surface area contributed by atoms with Gasteiger partial charge < -0.3 is 5.11 Å². The van der Waals surface area contributed by atoms with E-state index in [1.165, 1.54) is 24.3 Å². The molecule has 0 aliphatic carbocycles. The molecule has 0 radical (unpaired) electrons. The quantitative estimate of drug-likeness (QED) is 0.311. The van der Waals surface area contributed by atoms with Gasteiger partial charge in [0.1, 0.15) is 11.4 Å². The first-order valence-electron chi connectivity index (χ1n) is 11.9. The third kappa shape index (κ3) is 4.10. The molecule has 7 nitrogen and oxygen atoms in total. The van der Waals surface area contributed by atoms with Gasteiger partial charge in [-0.3, -0.25) is 9.59 Å². The van der Waals surface area contributed by atoms with Crippen LogP contribution in [0.25, 0.3) is 17.0 Å². The largest absolute Gasteiger partial charge is 0.858 e. The Hall–Kier alpha value is -4.59. The van der Waals surface area contributed by atoms with Crippen LogP contribution in [0.3, 0.4) is 0 Å². The van der Waals surface area contributed by atoms with Crippen LogP contribution in [0, 0.1) is 26.6 Å². The Morgan fingerprint density at radius 2 is 1.46 bits per heavy atom. The molecule has 1 aliphatic rings. The van der Waals surface area contributed by atoms with Gasteiger partial charge in [-0.05, 0) is 75.5 Å². The van der Waals surface area contributed by atoms with Gasteiger partial charge in [-0.15, -0.1) is 0 Å². The number of anilines is 1. The molecule has 8 heteroatoms. The van der Waals surface area contributed by atoms with Crippen LogP contribution < -0.4 is 14.6 Å².